The molecule has 2 N–H and O–H groups in total. The number of alkyl halides is 1. The van der Waals surface area contributed by atoms with Crippen LogP contribution in [0.15, 0.2) is 24.3 Å². The lowest BCUT2D eigenvalue weighted by molar-refractivity contribution is 0.235. The van der Waals surface area contributed by atoms with E-state index in [-0.39, 0.29) is 0 Å². The second kappa shape index (κ2) is 3.81. The maximum absolute atomic E-state index is 13.4. The summed E-state index contributed by atoms with van der Waals surface area (Å²) in [6.07, 6.45) is 0. The van der Waals surface area contributed by atoms with Gasteiger partial charge in [-0.1, -0.05) is 12.1 Å². The Morgan fingerprint density at radius 1 is 1.38 bits per heavy atom. The van der Waals surface area contributed by atoms with Crippen molar-refractivity contribution in [3.8, 4) is 0 Å². The monoisotopic (exact) mass is 220 g/mol. The van der Waals surface area contributed by atoms with E-state index in [0.29, 0.717) is 6.54 Å². The lowest BCUT2D eigenvalue weighted by atomic mass is 10.1. The highest BCUT2D eigenvalue weighted by Gasteiger charge is 2.15. The number of halogens is 1. The maximum atomic E-state index is 13.4. The number of benzene rings is 1. The fourth-order valence-corrected chi connectivity index (χ4v) is 1.75. The van der Waals surface area contributed by atoms with Crippen molar-refractivity contribution >= 4 is 16.6 Å². The van der Waals surface area contributed by atoms with Crippen LogP contribution >= 0.6 is 0 Å². The Labute approximate surface area is 94.9 Å². The molecule has 0 atom stereocenters. The Morgan fingerprint density at radius 2 is 2.12 bits per heavy atom. The number of aromatic amines is 1. The molecule has 2 rings (SSSR count). The van der Waals surface area contributed by atoms with Crippen LogP contribution < -0.4 is 5.32 Å². The minimum Gasteiger partial charge on any atom is -0.380 e. The van der Waals surface area contributed by atoms with E-state index >= 15 is 0 Å². The van der Waals surface area contributed by atoms with Crippen LogP contribution in [-0.2, 0) is 0 Å². The number of nitrogens with one attached hydrogen (secondary N) is 2. The normalized spacial score (nSPS) is 12.0. The summed E-state index contributed by atoms with van der Waals surface area (Å²) >= 11 is 0. The third-order valence-electron chi connectivity index (χ3n) is 2.49. The molecule has 0 saturated heterocycles. The highest BCUT2D eigenvalue weighted by atomic mass is 19.1. The quantitative estimate of drug-likeness (QED) is 0.812. The summed E-state index contributed by atoms with van der Waals surface area (Å²) in [4.78, 5) is 3.28. The average molecular weight is 220 g/mol. The molecule has 1 aromatic carbocycles. The zero-order chi connectivity index (χ0) is 11.8. The first-order valence-corrected chi connectivity index (χ1v) is 5.47. The number of aryl methyl sites for hydroxylation is 1. The van der Waals surface area contributed by atoms with E-state index in [1.807, 2.05) is 25.1 Å². The summed E-state index contributed by atoms with van der Waals surface area (Å²) in [5.41, 5.74) is 1.91. The molecule has 0 saturated carbocycles. The van der Waals surface area contributed by atoms with Crippen molar-refractivity contribution in [1.29, 1.82) is 0 Å². The van der Waals surface area contributed by atoms with E-state index in [1.165, 1.54) is 0 Å². The summed E-state index contributed by atoms with van der Waals surface area (Å²) in [5, 5.41) is 4.29. The second-order valence-corrected chi connectivity index (χ2v) is 4.79. The zero-order valence-electron chi connectivity index (χ0n) is 9.89. The van der Waals surface area contributed by atoms with Crippen molar-refractivity contribution in [3.63, 3.8) is 0 Å². The van der Waals surface area contributed by atoms with Gasteiger partial charge in [0.25, 0.3) is 0 Å². The van der Waals surface area contributed by atoms with Crippen molar-refractivity contribution < 1.29 is 4.39 Å². The summed E-state index contributed by atoms with van der Waals surface area (Å²) in [7, 11) is 0. The smallest absolute Gasteiger partial charge is 0.122 e. The highest BCUT2D eigenvalue weighted by Crippen LogP contribution is 2.24. The number of hydrogen-bond acceptors (Lipinski definition) is 1. The summed E-state index contributed by atoms with van der Waals surface area (Å²) in [6.45, 7) is 5.47. The van der Waals surface area contributed by atoms with Crippen molar-refractivity contribution in [2.75, 3.05) is 11.9 Å². The first-order chi connectivity index (χ1) is 7.46. The number of rotatable bonds is 3. The van der Waals surface area contributed by atoms with Crippen LogP contribution in [-0.4, -0.2) is 17.2 Å². The number of fused-ring (bicyclic) bond motifs is 1. The van der Waals surface area contributed by atoms with Gasteiger partial charge in [-0.25, -0.2) is 4.39 Å². The van der Waals surface area contributed by atoms with E-state index in [0.717, 1.165) is 22.3 Å². The summed E-state index contributed by atoms with van der Waals surface area (Å²) in [6, 6.07) is 8.07. The molecule has 2 nitrogen and oxygen atoms in total. The Morgan fingerprint density at radius 3 is 2.81 bits per heavy atom. The van der Waals surface area contributed by atoms with Crippen molar-refractivity contribution in [2.24, 2.45) is 0 Å². The highest BCUT2D eigenvalue weighted by molar-refractivity contribution is 5.91. The van der Waals surface area contributed by atoms with Gasteiger partial charge >= 0.3 is 0 Å². The molecule has 2 aromatic rings. The van der Waals surface area contributed by atoms with E-state index in [1.54, 1.807) is 13.8 Å². The van der Waals surface area contributed by atoms with Gasteiger partial charge in [-0.2, -0.15) is 0 Å². The molecule has 0 spiro atoms. The Balaban J connectivity index is 2.30. The summed E-state index contributed by atoms with van der Waals surface area (Å²) in [5.74, 6) is 0. The Hall–Kier alpha value is -1.51. The molecule has 86 valence electrons. The molecule has 1 aromatic heterocycles. The van der Waals surface area contributed by atoms with Crippen LogP contribution in [0.1, 0.15) is 19.5 Å². The predicted octanol–water partition coefficient (Wildman–Crippen LogP) is 3.64. The fourth-order valence-electron chi connectivity index (χ4n) is 1.75. The standard InChI is InChI=1S/C13H17FN2/c1-9-7-10-5-4-6-11(12(10)16-9)15-8-13(2,3)14/h4-7,15-16H,8H2,1-3H3. The van der Waals surface area contributed by atoms with Crippen LogP contribution in [0.5, 0.6) is 0 Å². The van der Waals surface area contributed by atoms with Crippen molar-refractivity contribution in [2.45, 2.75) is 26.4 Å². The maximum Gasteiger partial charge on any atom is 0.122 e. The molecule has 0 aliphatic heterocycles. The lowest BCUT2D eigenvalue weighted by Gasteiger charge is -2.16. The number of H-pyrrole nitrogens is 1. The van der Waals surface area contributed by atoms with E-state index in [9.17, 15) is 4.39 Å². The molecular weight excluding hydrogens is 203 g/mol. The lowest BCUT2D eigenvalue weighted by Crippen LogP contribution is -2.24. The van der Waals surface area contributed by atoms with Gasteiger partial charge in [0.15, 0.2) is 0 Å². The van der Waals surface area contributed by atoms with Gasteiger partial charge in [0.1, 0.15) is 5.67 Å². The van der Waals surface area contributed by atoms with Crippen molar-refractivity contribution in [3.05, 3.63) is 30.0 Å². The third-order valence-corrected chi connectivity index (χ3v) is 2.49. The van der Waals surface area contributed by atoms with Gasteiger partial charge in [-0.3, -0.25) is 0 Å². The zero-order valence-corrected chi connectivity index (χ0v) is 9.89. The van der Waals surface area contributed by atoms with Crippen molar-refractivity contribution in [1.82, 2.24) is 4.98 Å². The van der Waals surface area contributed by atoms with Gasteiger partial charge < -0.3 is 10.3 Å². The molecule has 0 bridgehead atoms. The van der Waals surface area contributed by atoms with Crippen LogP contribution in [0.2, 0.25) is 0 Å². The van der Waals surface area contributed by atoms with E-state index in [4.69, 9.17) is 0 Å². The summed E-state index contributed by atoms with van der Waals surface area (Å²) < 4.78 is 13.4. The molecular formula is C13H17FN2. The topological polar surface area (TPSA) is 27.8 Å². The molecule has 0 aliphatic rings. The van der Waals surface area contributed by atoms with Crippen LogP contribution in [0.3, 0.4) is 0 Å². The molecule has 0 unspecified atom stereocenters. The minimum absolute atomic E-state index is 0.310. The van der Waals surface area contributed by atoms with Crippen LogP contribution in [0.4, 0.5) is 10.1 Å². The largest absolute Gasteiger partial charge is 0.380 e. The third kappa shape index (κ3) is 2.35. The van der Waals surface area contributed by atoms with Gasteiger partial charge in [0.05, 0.1) is 11.2 Å². The number of aromatic nitrogens is 1. The van der Waals surface area contributed by atoms with E-state index < -0.39 is 5.67 Å². The first kappa shape index (κ1) is 11.0. The second-order valence-electron chi connectivity index (χ2n) is 4.79. The molecule has 0 amide bonds. The molecule has 3 heteroatoms. The van der Waals surface area contributed by atoms with Gasteiger partial charge in [-0.15, -0.1) is 0 Å². The van der Waals surface area contributed by atoms with Gasteiger partial charge in [0, 0.05) is 17.6 Å². The number of anilines is 1. The Kier molecular flexibility index (Phi) is 2.62. The van der Waals surface area contributed by atoms with Crippen LogP contribution in [0.25, 0.3) is 10.9 Å². The number of hydrogen-bond donors (Lipinski definition) is 2. The Bertz CT molecular complexity index is 494. The number of para-hydroxylation sites is 1. The SMILES string of the molecule is Cc1cc2cccc(NCC(C)(C)F)c2[nH]1. The van der Waals surface area contributed by atoms with E-state index in [2.05, 4.69) is 16.4 Å². The molecule has 1 heterocycles. The molecule has 0 radical (unpaired) electrons. The first-order valence-electron chi connectivity index (χ1n) is 5.47. The molecule has 0 aliphatic carbocycles. The minimum atomic E-state index is -1.20. The van der Waals surface area contributed by atoms with Crippen LogP contribution in [0, 0.1) is 6.92 Å². The predicted molar refractivity (Wildman–Crippen MR) is 66.7 cm³/mol. The van der Waals surface area contributed by atoms with Gasteiger partial charge in [0.2, 0.25) is 0 Å². The van der Waals surface area contributed by atoms with Gasteiger partial charge in [-0.05, 0) is 32.9 Å². The molecule has 16 heavy (non-hydrogen) atoms. The fraction of sp³-hybridized carbons (Fsp3) is 0.385. The average Bonchev–Trinajstić information content (AvgIpc) is 2.54. The molecule has 0 fully saturated rings.